The Balaban J connectivity index is 2.48. The number of benzene rings is 1. The molecule has 6 heteroatoms. The molecule has 0 amide bonds. The molecule has 0 atom stereocenters. The number of rotatable bonds is 2. The van der Waals surface area contributed by atoms with Crippen LogP contribution in [0.3, 0.4) is 0 Å². The van der Waals surface area contributed by atoms with E-state index in [9.17, 15) is 8.42 Å². The van der Waals surface area contributed by atoms with Gasteiger partial charge >= 0.3 is 0 Å². The number of hydrogen-bond acceptors (Lipinski definition) is 5. The number of thiol groups is 1. The first kappa shape index (κ1) is 9.67. The molecule has 0 N–H and O–H groups in total. The number of hydrogen-bond donors (Lipinski definition) is 1. The summed E-state index contributed by atoms with van der Waals surface area (Å²) in [7, 11) is -3.29. The molecule has 0 spiro atoms. The SMILES string of the molecule is O=S(=O)(CS)c1ccc2c(c1)OCO2. The highest BCUT2D eigenvalue weighted by Gasteiger charge is 2.18. The summed E-state index contributed by atoms with van der Waals surface area (Å²) in [6.07, 6.45) is 0. The van der Waals surface area contributed by atoms with Crippen LogP contribution in [0.5, 0.6) is 11.5 Å². The molecule has 0 saturated carbocycles. The Morgan fingerprint density at radius 3 is 2.71 bits per heavy atom. The predicted molar refractivity (Wildman–Crippen MR) is 53.6 cm³/mol. The zero-order chi connectivity index (χ0) is 10.2. The van der Waals surface area contributed by atoms with Crippen LogP contribution in [0.15, 0.2) is 23.1 Å². The minimum absolute atomic E-state index is 0.139. The minimum atomic E-state index is -3.29. The van der Waals surface area contributed by atoms with Crippen LogP contribution in [-0.2, 0) is 9.84 Å². The fraction of sp³-hybridized carbons (Fsp3) is 0.250. The second-order valence-electron chi connectivity index (χ2n) is 2.76. The van der Waals surface area contributed by atoms with Crippen molar-refractivity contribution in [1.29, 1.82) is 0 Å². The average molecular weight is 232 g/mol. The van der Waals surface area contributed by atoms with Crippen LogP contribution in [0, 0.1) is 0 Å². The molecule has 0 saturated heterocycles. The molecule has 0 aliphatic carbocycles. The first-order valence-corrected chi connectivity index (χ1v) is 6.15. The van der Waals surface area contributed by atoms with Gasteiger partial charge in [0.1, 0.15) is 0 Å². The Morgan fingerprint density at radius 1 is 1.29 bits per heavy atom. The van der Waals surface area contributed by atoms with E-state index in [1.54, 1.807) is 6.07 Å². The van der Waals surface area contributed by atoms with E-state index < -0.39 is 9.84 Å². The smallest absolute Gasteiger partial charge is 0.231 e. The van der Waals surface area contributed by atoms with Gasteiger partial charge in [-0.3, -0.25) is 0 Å². The lowest BCUT2D eigenvalue weighted by atomic mass is 10.3. The molecule has 76 valence electrons. The summed E-state index contributed by atoms with van der Waals surface area (Å²) in [5, 5.41) is -0.216. The van der Waals surface area contributed by atoms with E-state index in [-0.39, 0.29) is 16.8 Å². The quantitative estimate of drug-likeness (QED) is 0.775. The molecular formula is C8H8O4S2. The number of ether oxygens (including phenoxy) is 2. The summed E-state index contributed by atoms with van der Waals surface area (Å²) in [6.45, 7) is 0.139. The van der Waals surface area contributed by atoms with Crippen molar-refractivity contribution in [3.8, 4) is 11.5 Å². The molecule has 1 aromatic carbocycles. The third-order valence-corrected chi connectivity index (χ3v) is 4.20. The summed E-state index contributed by atoms with van der Waals surface area (Å²) < 4.78 is 33.0. The highest BCUT2D eigenvalue weighted by molar-refractivity contribution is 8.03. The van der Waals surface area contributed by atoms with Gasteiger partial charge in [0.25, 0.3) is 0 Å². The topological polar surface area (TPSA) is 52.6 Å². The molecule has 1 aliphatic heterocycles. The Labute approximate surface area is 87.2 Å². The Bertz CT molecular complexity index is 452. The van der Waals surface area contributed by atoms with Gasteiger partial charge in [0, 0.05) is 6.07 Å². The molecule has 0 aromatic heterocycles. The molecule has 1 heterocycles. The van der Waals surface area contributed by atoms with Crippen LogP contribution in [0.2, 0.25) is 0 Å². The monoisotopic (exact) mass is 232 g/mol. The standard InChI is InChI=1S/C8H8O4S2/c9-14(10,5-13)6-1-2-7-8(3-6)12-4-11-7/h1-3,13H,4-5H2. The second-order valence-corrected chi connectivity index (χ2v) is 5.49. The van der Waals surface area contributed by atoms with Crippen LogP contribution in [-0.4, -0.2) is 20.3 Å². The van der Waals surface area contributed by atoms with Crippen molar-refractivity contribution < 1.29 is 17.9 Å². The van der Waals surface area contributed by atoms with E-state index in [0.29, 0.717) is 11.5 Å². The predicted octanol–water partition coefficient (Wildman–Crippen LogP) is 1.08. The summed E-state index contributed by atoms with van der Waals surface area (Å²) in [6, 6.07) is 4.52. The van der Waals surface area contributed by atoms with Crippen LogP contribution in [0.25, 0.3) is 0 Å². The second kappa shape index (κ2) is 3.36. The van der Waals surface area contributed by atoms with Gasteiger partial charge in [0.15, 0.2) is 21.3 Å². The lowest BCUT2D eigenvalue weighted by Gasteiger charge is -2.01. The molecule has 0 bridgehead atoms. The molecule has 4 nitrogen and oxygen atoms in total. The summed E-state index contributed by atoms with van der Waals surface area (Å²) >= 11 is 3.76. The lowest BCUT2D eigenvalue weighted by Crippen LogP contribution is -2.01. The minimum Gasteiger partial charge on any atom is -0.454 e. The van der Waals surface area contributed by atoms with Gasteiger partial charge < -0.3 is 9.47 Å². The molecule has 0 radical (unpaired) electrons. The van der Waals surface area contributed by atoms with Gasteiger partial charge in [-0.25, -0.2) is 8.42 Å². The Kier molecular flexibility index (Phi) is 2.32. The van der Waals surface area contributed by atoms with E-state index in [4.69, 9.17) is 9.47 Å². The van der Waals surface area contributed by atoms with Crippen molar-refractivity contribution in [3.63, 3.8) is 0 Å². The molecular weight excluding hydrogens is 224 g/mol. The molecule has 1 aromatic rings. The van der Waals surface area contributed by atoms with Crippen LogP contribution < -0.4 is 9.47 Å². The first-order valence-electron chi connectivity index (χ1n) is 3.87. The number of fused-ring (bicyclic) bond motifs is 1. The fourth-order valence-electron chi connectivity index (χ4n) is 1.14. The van der Waals surface area contributed by atoms with Crippen molar-refractivity contribution in [1.82, 2.24) is 0 Å². The Hall–Kier alpha value is -0.880. The summed E-state index contributed by atoms with van der Waals surface area (Å²) in [4.78, 5) is 0.205. The average Bonchev–Trinajstić information content (AvgIpc) is 2.64. The summed E-state index contributed by atoms with van der Waals surface area (Å²) in [5.74, 6) is 1.04. The highest BCUT2D eigenvalue weighted by atomic mass is 32.2. The maximum absolute atomic E-state index is 11.4. The van der Waals surface area contributed by atoms with Gasteiger partial charge in [0.05, 0.1) is 9.98 Å². The van der Waals surface area contributed by atoms with E-state index in [1.165, 1.54) is 12.1 Å². The van der Waals surface area contributed by atoms with Gasteiger partial charge in [-0.2, -0.15) is 12.6 Å². The van der Waals surface area contributed by atoms with Crippen LogP contribution in [0.4, 0.5) is 0 Å². The van der Waals surface area contributed by atoms with Gasteiger partial charge in [-0.1, -0.05) is 0 Å². The molecule has 1 aliphatic rings. The molecule has 0 unspecified atom stereocenters. The van der Waals surface area contributed by atoms with Crippen LogP contribution >= 0.6 is 12.6 Å². The third kappa shape index (κ3) is 1.55. The maximum atomic E-state index is 11.4. The van der Waals surface area contributed by atoms with Crippen molar-refractivity contribution in [2.24, 2.45) is 0 Å². The maximum Gasteiger partial charge on any atom is 0.231 e. The lowest BCUT2D eigenvalue weighted by molar-refractivity contribution is 0.174. The van der Waals surface area contributed by atoms with Gasteiger partial charge in [0.2, 0.25) is 6.79 Å². The highest BCUT2D eigenvalue weighted by Crippen LogP contribution is 2.34. The van der Waals surface area contributed by atoms with E-state index in [2.05, 4.69) is 12.6 Å². The largest absolute Gasteiger partial charge is 0.454 e. The van der Waals surface area contributed by atoms with Gasteiger partial charge in [-0.15, -0.1) is 0 Å². The molecule has 14 heavy (non-hydrogen) atoms. The normalized spacial score (nSPS) is 14.4. The van der Waals surface area contributed by atoms with Crippen molar-refractivity contribution >= 4 is 22.5 Å². The third-order valence-electron chi connectivity index (χ3n) is 1.87. The van der Waals surface area contributed by atoms with Crippen molar-refractivity contribution in [2.75, 3.05) is 11.9 Å². The van der Waals surface area contributed by atoms with Crippen molar-refractivity contribution in [2.45, 2.75) is 4.90 Å². The van der Waals surface area contributed by atoms with E-state index >= 15 is 0 Å². The zero-order valence-electron chi connectivity index (χ0n) is 7.13. The van der Waals surface area contributed by atoms with Crippen molar-refractivity contribution in [3.05, 3.63) is 18.2 Å². The summed E-state index contributed by atoms with van der Waals surface area (Å²) in [5.41, 5.74) is 0. The van der Waals surface area contributed by atoms with E-state index in [1.807, 2.05) is 0 Å². The number of sulfone groups is 1. The van der Waals surface area contributed by atoms with E-state index in [0.717, 1.165) is 0 Å². The molecule has 2 rings (SSSR count). The zero-order valence-corrected chi connectivity index (χ0v) is 8.85. The van der Waals surface area contributed by atoms with Gasteiger partial charge in [-0.05, 0) is 12.1 Å². The first-order chi connectivity index (χ1) is 6.63. The molecule has 0 fully saturated rings. The Morgan fingerprint density at radius 2 is 2.00 bits per heavy atom. The van der Waals surface area contributed by atoms with Crippen LogP contribution in [0.1, 0.15) is 0 Å². The fourth-order valence-corrected chi connectivity index (χ4v) is 2.30.